The molecule has 0 saturated carbocycles. The van der Waals surface area contributed by atoms with E-state index in [1.807, 2.05) is 0 Å². The van der Waals surface area contributed by atoms with Crippen LogP contribution in [0.15, 0.2) is 0 Å². The van der Waals surface area contributed by atoms with Gasteiger partial charge in [0, 0.05) is 0 Å². The molecule has 4 unspecified atom stereocenters. The topological polar surface area (TPSA) is 162 Å². The second-order valence-electron chi connectivity index (χ2n) is 8.74. The minimum absolute atomic E-state index is 0.0917. The minimum Gasteiger partial charge on any atom is -0.430 e. The molecule has 36 heavy (non-hydrogen) atoms. The Hall–Kier alpha value is -2.43. The standard InChI is InChI=1S/C21H30O15/c22-18-30-6-15(34-18)3-26-10-21(9-25-1-14-2-29-13-33-14,11-27-4-16-7-31-19(23)35-16)12-28-5-17-8-32-20(24)36-17/h14-17H,1-13H2. The van der Waals surface area contributed by atoms with Gasteiger partial charge in [0.2, 0.25) is 0 Å². The summed E-state index contributed by atoms with van der Waals surface area (Å²) in [5.74, 6) is 0. The van der Waals surface area contributed by atoms with Crippen molar-refractivity contribution in [1.82, 2.24) is 0 Å². The quantitative estimate of drug-likeness (QED) is 0.197. The minimum atomic E-state index is -0.837. The fraction of sp³-hybridized carbons (Fsp3) is 0.857. The molecule has 4 heterocycles. The van der Waals surface area contributed by atoms with E-state index in [2.05, 4.69) is 0 Å². The monoisotopic (exact) mass is 522 g/mol. The van der Waals surface area contributed by atoms with E-state index in [9.17, 15) is 14.4 Å². The van der Waals surface area contributed by atoms with Gasteiger partial charge in [-0.3, -0.25) is 0 Å². The Morgan fingerprint density at radius 2 is 0.972 bits per heavy atom. The maximum absolute atomic E-state index is 11.2. The molecule has 0 N–H and O–H groups in total. The van der Waals surface area contributed by atoms with E-state index >= 15 is 0 Å². The summed E-state index contributed by atoms with van der Waals surface area (Å²) in [5.41, 5.74) is -0.837. The first kappa shape index (κ1) is 26.6. The average molecular weight is 522 g/mol. The second-order valence-corrected chi connectivity index (χ2v) is 8.74. The number of rotatable bonds is 16. The van der Waals surface area contributed by atoms with Gasteiger partial charge in [-0.2, -0.15) is 0 Å². The Balaban J connectivity index is 1.34. The van der Waals surface area contributed by atoms with Gasteiger partial charge in [0.05, 0.1) is 64.9 Å². The first-order valence-corrected chi connectivity index (χ1v) is 11.5. The molecule has 4 aliphatic rings. The van der Waals surface area contributed by atoms with E-state index in [1.165, 1.54) is 0 Å². The Bertz CT molecular complexity index is 660. The van der Waals surface area contributed by atoms with Gasteiger partial charge in [-0.05, 0) is 0 Å². The van der Waals surface area contributed by atoms with Gasteiger partial charge in [0.1, 0.15) is 32.7 Å². The first-order valence-electron chi connectivity index (χ1n) is 11.5. The Morgan fingerprint density at radius 1 is 0.583 bits per heavy atom. The first-order chi connectivity index (χ1) is 17.5. The third kappa shape index (κ3) is 8.31. The van der Waals surface area contributed by atoms with Crippen LogP contribution in [0.1, 0.15) is 0 Å². The van der Waals surface area contributed by atoms with Crippen LogP contribution in [-0.4, -0.2) is 129 Å². The molecule has 204 valence electrons. The van der Waals surface area contributed by atoms with Crippen molar-refractivity contribution in [2.75, 3.05) is 86.1 Å². The zero-order chi connectivity index (χ0) is 25.2. The fourth-order valence-corrected chi connectivity index (χ4v) is 3.69. The van der Waals surface area contributed by atoms with Crippen molar-refractivity contribution in [2.24, 2.45) is 5.41 Å². The second kappa shape index (κ2) is 13.2. The lowest BCUT2D eigenvalue weighted by molar-refractivity contribution is -0.128. The maximum Gasteiger partial charge on any atom is 0.508 e. The molecule has 0 aromatic rings. The molecule has 0 spiro atoms. The Morgan fingerprint density at radius 3 is 1.28 bits per heavy atom. The van der Waals surface area contributed by atoms with Gasteiger partial charge in [0.15, 0.2) is 18.3 Å². The summed E-state index contributed by atoms with van der Waals surface area (Å²) in [7, 11) is 0. The van der Waals surface area contributed by atoms with Crippen molar-refractivity contribution in [3.8, 4) is 0 Å². The van der Waals surface area contributed by atoms with Crippen molar-refractivity contribution in [3.63, 3.8) is 0 Å². The lowest BCUT2D eigenvalue weighted by Gasteiger charge is -2.33. The molecule has 4 atom stereocenters. The van der Waals surface area contributed by atoms with Crippen LogP contribution in [0.25, 0.3) is 0 Å². The lowest BCUT2D eigenvalue weighted by atomic mass is 9.92. The number of ether oxygens (including phenoxy) is 12. The van der Waals surface area contributed by atoms with E-state index < -0.39 is 42.2 Å². The van der Waals surface area contributed by atoms with E-state index in [-0.39, 0.29) is 85.6 Å². The number of hydrogen-bond acceptors (Lipinski definition) is 15. The smallest absolute Gasteiger partial charge is 0.430 e. The van der Waals surface area contributed by atoms with Crippen LogP contribution in [-0.2, 0) is 56.8 Å². The predicted molar refractivity (Wildman–Crippen MR) is 110 cm³/mol. The molecule has 0 radical (unpaired) electrons. The van der Waals surface area contributed by atoms with Crippen LogP contribution in [0.4, 0.5) is 14.4 Å². The van der Waals surface area contributed by atoms with Gasteiger partial charge in [-0.15, -0.1) is 0 Å². The molecule has 4 fully saturated rings. The molecule has 0 bridgehead atoms. The molecule has 0 amide bonds. The summed E-state index contributed by atoms with van der Waals surface area (Å²) in [6.45, 7) is 1.91. The molecule has 0 aromatic heterocycles. The summed E-state index contributed by atoms with van der Waals surface area (Å²) < 4.78 is 63.5. The van der Waals surface area contributed by atoms with E-state index in [1.54, 1.807) is 0 Å². The zero-order valence-corrected chi connectivity index (χ0v) is 19.6. The molecule has 15 nitrogen and oxygen atoms in total. The highest BCUT2D eigenvalue weighted by Crippen LogP contribution is 2.23. The average Bonchev–Trinajstić information content (AvgIpc) is 3.65. The van der Waals surface area contributed by atoms with Crippen molar-refractivity contribution in [2.45, 2.75) is 24.4 Å². The largest absolute Gasteiger partial charge is 0.508 e. The van der Waals surface area contributed by atoms with Crippen molar-refractivity contribution < 1.29 is 71.2 Å². The highest BCUT2D eigenvalue weighted by Gasteiger charge is 2.36. The van der Waals surface area contributed by atoms with Gasteiger partial charge < -0.3 is 56.8 Å². The number of hydrogen-bond donors (Lipinski definition) is 0. The summed E-state index contributed by atoms with van der Waals surface area (Å²) in [5, 5.41) is 0. The van der Waals surface area contributed by atoms with E-state index in [0.717, 1.165) is 0 Å². The molecule has 4 aliphatic heterocycles. The third-order valence-electron chi connectivity index (χ3n) is 5.49. The fourth-order valence-electron chi connectivity index (χ4n) is 3.69. The molecule has 15 heteroatoms. The zero-order valence-electron chi connectivity index (χ0n) is 19.6. The van der Waals surface area contributed by atoms with Crippen LogP contribution in [0.5, 0.6) is 0 Å². The maximum atomic E-state index is 11.2. The number of carbonyl (C=O) groups excluding carboxylic acids is 3. The molecule has 4 rings (SSSR count). The van der Waals surface area contributed by atoms with Gasteiger partial charge in [0.25, 0.3) is 0 Å². The number of carbonyl (C=O) groups is 3. The predicted octanol–water partition coefficient (Wildman–Crippen LogP) is 0.0183. The van der Waals surface area contributed by atoms with Crippen LogP contribution in [0, 0.1) is 5.41 Å². The summed E-state index contributed by atoms with van der Waals surface area (Å²) in [6.07, 6.45) is -4.04. The van der Waals surface area contributed by atoms with Gasteiger partial charge in [-0.1, -0.05) is 0 Å². The van der Waals surface area contributed by atoms with Crippen LogP contribution >= 0.6 is 0 Å². The van der Waals surface area contributed by atoms with Gasteiger partial charge in [-0.25, -0.2) is 14.4 Å². The van der Waals surface area contributed by atoms with E-state index in [0.29, 0.717) is 6.61 Å². The Kier molecular flexibility index (Phi) is 9.77. The highest BCUT2D eigenvalue weighted by molar-refractivity contribution is 5.62. The van der Waals surface area contributed by atoms with Crippen molar-refractivity contribution in [1.29, 1.82) is 0 Å². The molecule has 0 aromatic carbocycles. The van der Waals surface area contributed by atoms with Crippen LogP contribution in [0.2, 0.25) is 0 Å². The Labute approximate surface area is 206 Å². The molecule has 4 saturated heterocycles. The van der Waals surface area contributed by atoms with Crippen LogP contribution in [0.3, 0.4) is 0 Å². The summed E-state index contributed by atoms with van der Waals surface area (Å²) in [6, 6.07) is 0. The summed E-state index contributed by atoms with van der Waals surface area (Å²) >= 11 is 0. The van der Waals surface area contributed by atoms with Gasteiger partial charge >= 0.3 is 18.5 Å². The molecule has 0 aliphatic carbocycles. The summed E-state index contributed by atoms with van der Waals surface area (Å²) in [4.78, 5) is 33.6. The van der Waals surface area contributed by atoms with Crippen molar-refractivity contribution in [3.05, 3.63) is 0 Å². The van der Waals surface area contributed by atoms with Crippen molar-refractivity contribution >= 4 is 18.5 Å². The lowest BCUT2D eigenvalue weighted by Crippen LogP contribution is -2.44. The molecular formula is C21H30O15. The number of cyclic esters (lactones) is 6. The third-order valence-corrected chi connectivity index (χ3v) is 5.49. The highest BCUT2D eigenvalue weighted by atomic mass is 16.8. The van der Waals surface area contributed by atoms with Crippen LogP contribution < -0.4 is 0 Å². The SMILES string of the molecule is O=C1OCC(COCC(COCC2COCO2)(COCC2COC(=O)O2)COCC2COC(=O)O2)O1. The van der Waals surface area contributed by atoms with E-state index in [4.69, 9.17) is 56.8 Å². The normalized spacial score (nSPS) is 29.2. The molecular weight excluding hydrogens is 492 g/mol.